The van der Waals surface area contributed by atoms with Gasteiger partial charge in [0.15, 0.2) is 0 Å². The lowest BCUT2D eigenvalue weighted by atomic mass is 10.0. The van der Waals surface area contributed by atoms with Crippen molar-refractivity contribution in [3.63, 3.8) is 0 Å². The third kappa shape index (κ3) is 5.41. The molecule has 1 unspecified atom stereocenters. The summed E-state index contributed by atoms with van der Waals surface area (Å²) in [5.41, 5.74) is 1.43. The van der Waals surface area contributed by atoms with Gasteiger partial charge in [-0.2, -0.15) is 0 Å². The summed E-state index contributed by atoms with van der Waals surface area (Å²) in [5, 5.41) is 25.6. The first kappa shape index (κ1) is 20.5. The van der Waals surface area contributed by atoms with Gasteiger partial charge in [-0.25, -0.2) is 0 Å². The van der Waals surface area contributed by atoms with Gasteiger partial charge in [0.1, 0.15) is 11.8 Å². The van der Waals surface area contributed by atoms with Crippen LogP contribution in [0, 0.1) is 10.1 Å². The Hall–Kier alpha value is -4.20. The topological polar surface area (TPSA) is 122 Å². The van der Waals surface area contributed by atoms with Gasteiger partial charge in [0.2, 0.25) is 5.91 Å². The summed E-state index contributed by atoms with van der Waals surface area (Å²) in [7, 11) is 0. The fourth-order valence-corrected chi connectivity index (χ4v) is 2.80. The van der Waals surface area contributed by atoms with E-state index in [2.05, 4.69) is 10.6 Å². The summed E-state index contributed by atoms with van der Waals surface area (Å²) in [5.74, 6) is -0.779. The molecule has 0 aliphatic rings. The van der Waals surface area contributed by atoms with Gasteiger partial charge in [0, 0.05) is 29.8 Å². The lowest BCUT2D eigenvalue weighted by Crippen LogP contribution is -2.45. The molecule has 0 bridgehead atoms. The van der Waals surface area contributed by atoms with E-state index < -0.39 is 22.8 Å². The Morgan fingerprint density at radius 2 is 1.57 bits per heavy atom. The highest BCUT2D eigenvalue weighted by atomic mass is 16.6. The average molecular weight is 405 g/mol. The van der Waals surface area contributed by atoms with Crippen LogP contribution in [0.15, 0.2) is 78.9 Å². The minimum atomic E-state index is -0.905. The third-order valence-electron chi connectivity index (χ3n) is 4.38. The van der Waals surface area contributed by atoms with Crippen molar-refractivity contribution in [2.24, 2.45) is 0 Å². The number of phenols is 1. The van der Waals surface area contributed by atoms with Crippen LogP contribution in [-0.4, -0.2) is 27.9 Å². The fourth-order valence-electron chi connectivity index (χ4n) is 2.80. The first-order chi connectivity index (χ1) is 14.4. The zero-order valence-electron chi connectivity index (χ0n) is 15.8. The van der Waals surface area contributed by atoms with Crippen LogP contribution >= 0.6 is 0 Å². The largest absolute Gasteiger partial charge is 0.508 e. The molecule has 3 N–H and O–H groups in total. The van der Waals surface area contributed by atoms with Gasteiger partial charge in [0.05, 0.1) is 4.92 Å². The molecule has 2 amide bonds. The summed E-state index contributed by atoms with van der Waals surface area (Å²) in [6, 6.07) is 19.3. The number of benzene rings is 3. The summed E-state index contributed by atoms with van der Waals surface area (Å²) in [6.07, 6.45) is 0.192. The van der Waals surface area contributed by atoms with Crippen molar-refractivity contribution in [3.8, 4) is 5.75 Å². The molecule has 1 atom stereocenters. The molecule has 0 fully saturated rings. The fraction of sp³-hybridized carbons (Fsp3) is 0.0909. The number of hydrogen-bond donors (Lipinski definition) is 3. The maximum Gasteiger partial charge on any atom is 0.269 e. The molecule has 8 heteroatoms. The highest BCUT2D eigenvalue weighted by Crippen LogP contribution is 2.17. The Bertz CT molecular complexity index is 1030. The zero-order chi connectivity index (χ0) is 21.5. The Balaban J connectivity index is 1.78. The molecule has 8 nitrogen and oxygen atoms in total. The van der Waals surface area contributed by atoms with Gasteiger partial charge >= 0.3 is 0 Å². The van der Waals surface area contributed by atoms with E-state index in [-0.39, 0.29) is 17.9 Å². The van der Waals surface area contributed by atoms with Gasteiger partial charge in [-0.15, -0.1) is 0 Å². The van der Waals surface area contributed by atoms with Crippen LogP contribution in [-0.2, 0) is 11.2 Å². The molecule has 0 heterocycles. The van der Waals surface area contributed by atoms with Gasteiger partial charge in [-0.1, -0.05) is 30.3 Å². The molecule has 0 spiro atoms. The number of nitrogens with zero attached hydrogens (tertiary/aromatic N) is 1. The van der Waals surface area contributed by atoms with E-state index in [0.717, 1.165) is 5.56 Å². The van der Waals surface area contributed by atoms with E-state index in [9.17, 15) is 24.8 Å². The molecule has 3 rings (SSSR count). The van der Waals surface area contributed by atoms with Crippen molar-refractivity contribution in [3.05, 3.63) is 100 Å². The van der Waals surface area contributed by atoms with E-state index in [1.54, 1.807) is 42.5 Å². The molecule has 0 saturated heterocycles. The number of hydrogen-bond acceptors (Lipinski definition) is 5. The van der Waals surface area contributed by atoms with Crippen molar-refractivity contribution in [1.82, 2.24) is 5.32 Å². The molecule has 152 valence electrons. The Labute approximate surface area is 172 Å². The van der Waals surface area contributed by atoms with Crippen LogP contribution in [0.25, 0.3) is 0 Å². The van der Waals surface area contributed by atoms with Crippen LogP contribution in [0.5, 0.6) is 5.75 Å². The van der Waals surface area contributed by atoms with Gasteiger partial charge in [0.25, 0.3) is 11.6 Å². The Kier molecular flexibility index (Phi) is 6.39. The minimum absolute atomic E-state index is 0.0916. The van der Waals surface area contributed by atoms with Crippen LogP contribution < -0.4 is 10.6 Å². The van der Waals surface area contributed by atoms with Crippen molar-refractivity contribution in [2.45, 2.75) is 12.5 Å². The lowest BCUT2D eigenvalue weighted by Gasteiger charge is -2.19. The molecule has 0 radical (unpaired) electrons. The van der Waals surface area contributed by atoms with Crippen LogP contribution in [0.1, 0.15) is 15.9 Å². The second-order valence-electron chi connectivity index (χ2n) is 6.56. The summed E-state index contributed by atoms with van der Waals surface area (Å²) >= 11 is 0. The standard InChI is InChI=1S/C22H19N3O5/c26-19-12-6-15(7-13-19)14-20(24-21(27)16-4-2-1-3-5-16)22(28)23-17-8-10-18(11-9-17)25(29)30/h1-13,20,26H,14H2,(H,23,28)(H,24,27). The van der Waals surface area contributed by atoms with Crippen molar-refractivity contribution >= 4 is 23.2 Å². The number of nitro groups is 1. The molecule has 0 aromatic heterocycles. The SMILES string of the molecule is O=C(NC(Cc1ccc(O)cc1)C(=O)Nc1ccc([N+](=O)[O-])cc1)c1ccccc1. The number of carbonyl (C=O) groups is 2. The van der Waals surface area contributed by atoms with Gasteiger partial charge in [-0.3, -0.25) is 19.7 Å². The maximum absolute atomic E-state index is 12.9. The Morgan fingerprint density at radius 3 is 2.17 bits per heavy atom. The van der Waals surface area contributed by atoms with E-state index >= 15 is 0 Å². The predicted molar refractivity (Wildman–Crippen MR) is 111 cm³/mol. The van der Waals surface area contributed by atoms with Crippen molar-refractivity contribution in [2.75, 3.05) is 5.32 Å². The van der Waals surface area contributed by atoms with Crippen LogP contribution in [0.2, 0.25) is 0 Å². The van der Waals surface area contributed by atoms with E-state index in [4.69, 9.17) is 0 Å². The molecular formula is C22H19N3O5. The minimum Gasteiger partial charge on any atom is -0.508 e. The number of non-ortho nitro benzene ring substituents is 1. The van der Waals surface area contributed by atoms with E-state index in [1.165, 1.54) is 36.4 Å². The predicted octanol–water partition coefficient (Wildman–Crippen LogP) is 3.28. The molecule has 0 aliphatic carbocycles. The van der Waals surface area contributed by atoms with Crippen molar-refractivity contribution in [1.29, 1.82) is 0 Å². The zero-order valence-corrected chi connectivity index (χ0v) is 15.8. The summed E-state index contributed by atoms with van der Waals surface area (Å²) < 4.78 is 0. The maximum atomic E-state index is 12.9. The van der Waals surface area contributed by atoms with Crippen molar-refractivity contribution < 1.29 is 19.6 Å². The summed E-state index contributed by atoms with van der Waals surface area (Å²) in [6.45, 7) is 0. The number of carbonyl (C=O) groups excluding carboxylic acids is 2. The molecular weight excluding hydrogens is 386 g/mol. The first-order valence-corrected chi connectivity index (χ1v) is 9.11. The second-order valence-corrected chi connectivity index (χ2v) is 6.56. The molecule has 30 heavy (non-hydrogen) atoms. The number of rotatable bonds is 7. The van der Waals surface area contributed by atoms with Crippen LogP contribution in [0.3, 0.4) is 0 Å². The quantitative estimate of drug-likeness (QED) is 0.411. The van der Waals surface area contributed by atoms with E-state index in [0.29, 0.717) is 11.3 Å². The highest BCUT2D eigenvalue weighted by Gasteiger charge is 2.22. The first-order valence-electron chi connectivity index (χ1n) is 9.11. The second kappa shape index (κ2) is 9.33. The lowest BCUT2D eigenvalue weighted by molar-refractivity contribution is -0.384. The monoisotopic (exact) mass is 405 g/mol. The van der Waals surface area contributed by atoms with E-state index in [1.807, 2.05) is 0 Å². The highest BCUT2D eigenvalue weighted by molar-refractivity contribution is 6.01. The van der Waals surface area contributed by atoms with Gasteiger partial charge < -0.3 is 15.7 Å². The number of anilines is 1. The smallest absolute Gasteiger partial charge is 0.269 e. The number of phenolic OH excluding ortho intramolecular Hbond substituents is 1. The van der Waals surface area contributed by atoms with Gasteiger partial charge in [-0.05, 0) is 42.0 Å². The molecule has 3 aromatic carbocycles. The third-order valence-corrected chi connectivity index (χ3v) is 4.38. The normalized spacial score (nSPS) is 11.3. The van der Waals surface area contributed by atoms with Crippen LogP contribution in [0.4, 0.5) is 11.4 Å². The molecule has 0 saturated carbocycles. The Morgan fingerprint density at radius 1 is 0.933 bits per heavy atom. The number of amides is 2. The average Bonchev–Trinajstić information content (AvgIpc) is 2.75. The number of aromatic hydroxyl groups is 1. The molecule has 0 aliphatic heterocycles. The number of nitro benzene ring substituents is 1. The molecule has 3 aromatic rings. The summed E-state index contributed by atoms with van der Waals surface area (Å²) in [4.78, 5) is 35.7. The number of nitrogens with one attached hydrogen (secondary N) is 2.